The fourth-order valence-electron chi connectivity index (χ4n) is 2.83. The van der Waals surface area contributed by atoms with Gasteiger partial charge in [-0.05, 0) is 18.1 Å². The maximum atomic E-state index is 12.2. The number of benzene rings is 1. The quantitative estimate of drug-likeness (QED) is 0.746. The molecule has 0 bridgehead atoms. The number of carbonyl (C=O) groups is 1. The summed E-state index contributed by atoms with van der Waals surface area (Å²) in [6, 6.07) is 7.91. The van der Waals surface area contributed by atoms with Gasteiger partial charge >= 0.3 is 6.03 Å². The molecule has 2 amide bonds. The van der Waals surface area contributed by atoms with Crippen LogP contribution in [-0.2, 0) is 13.1 Å². The first-order valence-corrected chi connectivity index (χ1v) is 9.85. The van der Waals surface area contributed by atoms with Gasteiger partial charge in [0.1, 0.15) is 0 Å². The normalized spacial score (nSPS) is 15.0. The molecule has 1 aliphatic rings. The number of amides is 2. The lowest BCUT2D eigenvalue weighted by Crippen LogP contribution is -2.33. The molecule has 1 aromatic carbocycles. The van der Waals surface area contributed by atoms with Crippen LogP contribution in [0.5, 0.6) is 0 Å². The van der Waals surface area contributed by atoms with Crippen LogP contribution in [0.15, 0.2) is 43.0 Å². The molecule has 1 aliphatic heterocycles. The van der Waals surface area contributed by atoms with Crippen LogP contribution >= 0.6 is 11.8 Å². The van der Waals surface area contributed by atoms with Crippen molar-refractivity contribution in [3.05, 3.63) is 48.5 Å². The van der Waals surface area contributed by atoms with Crippen molar-refractivity contribution in [3.63, 3.8) is 0 Å². The molecule has 0 unspecified atom stereocenters. The number of thioether (sulfide) groups is 1. The minimum atomic E-state index is -0.146. The largest absolute Gasteiger partial charge is 0.338 e. The van der Waals surface area contributed by atoms with E-state index in [1.807, 2.05) is 40.7 Å². The smallest absolute Gasteiger partial charge is 0.319 e. The highest BCUT2D eigenvalue weighted by Gasteiger charge is 2.13. The van der Waals surface area contributed by atoms with Crippen molar-refractivity contribution >= 4 is 23.5 Å². The summed E-state index contributed by atoms with van der Waals surface area (Å²) in [6.45, 7) is 4.59. The number of anilines is 1. The molecule has 7 heteroatoms. The van der Waals surface area contributed by atoms with Gasteiger partial charge in [-0.15, -0.1) is 0 Å². The molecule has 6 nitrogen and oxygen atoms in total. The van der Waals surface area contributed by atoms with E-state index in [1.54, 1.807) is 12.5 Å². The third-order valence-electron chi connectivity index (χ3n) is 4.20. The van der Waals surface area contributed by atoms with Crippen LogP contribution in [0.25, 0.3) is 0 Å². The third-order valence-corrected chi connectivity index (χ3v) is 5.14. The van der Waals surface area contributed by atoms with Crippen molar-refractivity contribution in [2.24, 2.45) is 0 Å². The lowest BCUT2D eigenvalue weighted by molar-refractivity contribution is 0.251. The van der Waals surface area contributed by atoms with Crippen molar-refractivity contribution in [2.45, 2.75) is 19.5 Å². The maximum absolute atomic E-state index is 12.2. The Morgan fingerprint density at radius 2 is 2.08 bits per heavy atom. The average molecular weight is 359 g/mol. The summed E-state index contributed by atoms with van der Waals surface area (Å²) in [4.78, 5) is 18.6. The molecule has 1 saturated heterocycles. The Hall–Kier alpha value is -1.99. The van der Waals surface area contributed by atoms with Crippen LogP contribution in [0.2, 0.25) is 0 Å². The van der Waals surface area contributed by atoms with E-state index in [0.717, 1.165) is 38.3 Å². The summed E-state index contributed by atoms with van der Waals surface area (Å²) in [5.74, 6) is 2.37. The average Bonchev–Trinajstić information content (AvgIpc) is 3.15. The number of nitrogens with one attached hydrogen (secondary N) is 2. The van der Waals surface area contributed by atoms with E-state index in [4.69, 9.17) is 0 Å². The van der Waals surface area contributed by atoms with Crippen LogP contribution in [-0.4, -0.2) is 51.6 Å². The summed E-state index contributed by atoms with van der Waals surface area (Å²) in [5.41, 5.74) is 2.07. The first-order chi connectivity index (χ1) is 12.3. The second-order valence-electron chi connectivity index (χ2n) is 6.08. The van der Waals surface area contributed by atoms with Crippen molar-refractivity contribution in [2.75, 3.05) is 36.5 Å². The Bertz CT molecular complexity index is 655. The van der Waals surface area contributed by atoms with E-state index in [2.05, 4.69) is 26.6 Å². The van der Waals surface area contributed by atoms with Crippen LogP contribution in [0.3, 0.4) is 0 Å². The molecule has 134 valence electrons. The zero-order valence-electron chi connectivity index (χ0n) is 14.4. The van der Waals surface area contributed by atoms with E-state index < -0.39 is 0 Å². The van der Waals surface area contributed by atoms with Gasteiger partial charge in [-0.1, -0.05) is 18.2 Å². The molecule has 3 rings (SSSR count). The van der Waals surface area contributed by atoms with Gasteiger partial charge in [0.2, 0.25) is 0 Å². The number of hydrogen-bond acceptors (Lipinski definition) is 4. The van der Waals surface area contributed by atoms with Gasteiger partial charge in [0.25, 0.3) is 0 Å². The first-order valence-electron chi connectivity index (χ1n) is 8.70. The minimum Gasteiger partial charge on any atom is -0.338 e. The zero-order chi connectivity index (χ0) is 17.3. The molecular weight excluding hydrogens is 334 g/mol. The Balaban J connectivity index is 1.45. The fraction of sp³-hybridized carbons (Fsp3) is 0.444. The number of urea groups is 1. The molecule has 0 saturated carbocycles. The van der Waals surface area contributed by atoms with Gasteiger partial charge in [-0.3, -0.25) is 4.90 Å². The molecule has 1 aromatic heterocycles. The predicted molar refractivity (Wildman–Crippen MR) is 103 cm³/mol. The number of hydrogen-bond donors (Lipinski definition) is 2. The SMILES string of the molecule is O=C(NCCCn1ccnc1)Nc1ccccc1CN1CCSCC1. The second-order valence-corrected chi connectivity index (χ2v) is 7.31. The predicted octanol–water partition coefficient (Wildman–Crippen LogP) is 2.64. The van der Waals surface area contributed by atoms with E-state index in [0.29, 0.717) is 6.54 Å². The van der Waals surface area contributed by atoms with Crippen LogP contribution in [0.4, 0.5) is 10.5 Å². The zero-order valence-corrected chi connectivity index (χ0v) is 15.2. The van der Waals surface area contributed by atoms with E-state index in [-0.39, 0.29) is 6.03 Å². The number of aromatic nitrogens is 2. The van der Waals surface area contributed by atoms with Crippen LogP contribution in [0, 0.1) is 0 Å². The number of imidazole rings is 1. The van der Waals surface area contributed by atoms with E-state index in [1.165, 1.54) is 17.1 Å². The molecule has 0 spiro atoms. The first kappa shape index (κ1) is 17.8. The van der Waals surface area contributed by atoms with Gasteiger partial charge in [0.05, 0.1) is 6.33 Å². The molecule has 2 aromatic rings. The molecule has 2 N–H and O–H groups in total. The summed E-state index contributed by atoms with van der Waals surface area (Å²) in [7, 11) is 0. The maximum Gasteiger partial charge on any atom is 0.319 e. The van der Waals surface area contributed by atoms with Gasteiger partial charge in [0.15, 0.2) is 0 Å². The second kappa shape index (κ2) is 9.48. The summed E-state index contributed by atoms with van der Waals surface area (Å²) >= 11 is 2.01. The number of rotatable bonds is 7. The summed E-state index contributed by atoms with van der Waals surface area (Å²) in [5, 5.41) is 5.92. The summed E-state index contributed by atoms with van der Waals surface area (Å²) in [6.07, 6.45) is 6.35. The van der Waals surface area contributed by atoms with Crippen molar-refractivity contribution in [3.8, 4) is 0 Å². The van der Waals surface area contributed by atoms with Crippen molar-refractivity contribution in [1.29, 1.82) is 0 Å². The van der Waals surface area contributed by atoms with Gasteiger partial charge < -0.3 is 15.2 Å². The van der Waals surface area contributed by atoms with Crippen LogP contribution < -0.4 is 10.6 Å². The molecule has 0 atom stereocenters. The van der Waals surface area contributed by atoms with Crippen molar-refractivity contribution in [1.82, 2.24) is 19.8 Å². The van der Waals surface area contributed by atoms with Gasteiger partial charge in [0, 0.05) is 62.3 Å². The Morgan fingerprint density at radius 1 is 1.24 bits per heavy atom. The fourth-order valence-corrected chi connectivity index (χ4v) is 3.81. The molecule has 25 heavy (non-hydrogen) atoms. The Labute approximate surface area is 153 Å². The van der Waals surface area contributed by atoms with E-state index >= 15 is 0 Å². The number of nitrogens with zero attached hydrogens (tertiary/aromatic N) is 3. The molecule has 0 radical (unpaired) electrons. The van der Waals surface area contributed by atoms with E-state index in [9.17, 15) is 4.79 Å². The lowest BCUT2D eigenvalue weighted by atomic mass is 10.1. The van der Waals surface area contributed by atoms with Crippen molar-refractivity contribution < 1.29 is 4.79 Å². The highest BCUT2D eigenvalue weighted by Crippen LogP contribution is 2.19. The summed E-state index contributed by atoms with van der Waals surface area (Å²) < 4.78 is 2.01. The Kier molecular flexibility index (Phi) is 6.76. The highest BCUT2D eigenvalue weighted by molar-refractivity contribution is 7.99. The number of aryl methyl sites for hydroxylation is 1. The minimum absolute atomic E-state index is 0.146. The Morgan fingerprint density at radius 3 is 2.88 bits per heavy atom. The monoisotopic (exact) mass is 359 g/mol. The molecular formula is C18H25N5OS. The lowest BCUT2D eigenvalue weighted by Gasteiger charge is -2.27. The number of carbonyl (C=O) groups excluding carboxylic acids is 1. The van der Waals surface area contributed by atoms with Gasteiger partial charge in [-0.2, -0.15) is 11.8 Å². The highest BCUT2D eigenvalue weighted by atomic mass is 32.2. The molecule has 0 aliphatic carbocycles. The molecule has 1 fully saturated rings. The standard InChI is InChI=1S/C18H25N5OS/c24-18(20-6-3-8-23-9-7-19-15-23)21-17-5-2-1-4-16(17)14-22-10-12-25-13-11-22/h1-2,4-5,7,9,15H,3,6,8,10-14H2,(H2,20,21,24). The van der Waals surface area contributed by atoms with Crippen LogP contribution in [0.1, 0.15) is 12.0 Å². The topological polar surface area (TPSA) is 62.2 Å². The third kappa shape index (κ3) is 5.79. The number of para-hydroxylation sites is 1. The molecule has 2 heterocycles. The van der Waals surface area contributed by atoms with Gasteiger partial charge in [-0.25, -0.2) is 9.78 Å².